The van der Waals surface area contributed by atoms with Gasteiger partial charge >= 0.3 is 19.4 Å². The van der Waals surface area contributed by atoms with E-state index < -0.39 is 79.3 Å². The van der Waals surface area contributed by atoms with E-state index in [0.29, 0.717) is 16.2 Å². The lowest BCUT2D eigenvalue weighted by molar-refractivity contribution is -0.192. The largest absolute Gasteiger partial charge is 0.462 e. The fourth-order valence-corrected chi connectivity index (χ4v) is 5.95. The van der Waals surface area contributed by atoms with Crippen molar-refractivity contribution in [2.75, 3.05) is 6.61 Å². The zero-order valence-corrected chi connectivity index (χ0v) is 24.6. The number of nitrogens with one attached hydrogen (secondary N) is 2. The summed E-state index contributed by atoms with van der Waals surface area (Å²) < 4.78 is 79.8. The van der Waals surface area contributed by atoms with Gasteiger partial charge in [0.05, 0.1) is 12.7 Å². The number of aliphatic hydroxyl groups is 1. The predicted molar refractivity (Wildman–Crippen MR) is 148 cm³/mol. The molecule has 0 aliphatic carbocycles. The lowest BCUT2D eigenvalue weighted by Crippen LogP contribution is -2.52. The second-order valence-corrected chi connectivity index (χ2v) is 12.1. The number of aromatic nitrogens is 2. The molecule has 2 heterocycles. The quantitative estimate of drug-likeness (QED) is 0.207. The van der Waals surface area contributed by atoms with Gasteiger partial charge in [0, 0.05) is 6.20 Å². The van der Waals surface area contributed by atoms with Crippen LogP contribution in [0.1, 0.15) is 27.0 Å². The van der Waals surface area contributed by atoms with Gasteiger partial charge in [-0.1, -0.05) is 41.9 Å². The van der Waals surface area contributed by atoms with Crippen LogP contribution in [-0.2, 0) is 23.4 Å². The van der Waals surface area contributed by atoms with E-state index in [1.165, 1.54) is 19.1 Å². The molecule has 1 unspecified atom stereocenters. The molecule has 1 aromatic heterocycles. The number of rotatable bonds is 11. The Morgan fingerprint density at radius 2 is 1.88 bits per heavy atom. The highest BCUT2D eigenvalue weighted by atomic mass is 35.5. The molecule has 1 saturated heterocycles. The van der Waals surface area contributed by atoms with Crippen molar-refractivity contribution in [3.63, 3.8) is 0 Å². The molecule has 4 rings (SSSR count). The maximum atomic E-state index is 15.3. The van der Waals surface area contributed by atoms with Crippen molar-refractivity contribution in [3.8, 4) is 5.75 Å². The molecule has 0 radical (unpaired) electrons. The minimum atomic E-state index is -4.80. The minimum Gasteiger partial charge on any atom is -0.462 e. The smallest absolute Gasteiger partial charge is 0.459 e. The van der Waals surface area contributed by atoms with Crippen molar-refractivity contribution in [1.29, 1.82) is 0 Å². The summed E-state index contributed by atoms with van der Waals surface area (Å²) >= 11 is 5.71. The van der Waals surface area contributed by atoms with Crippen LogP contribution in [0.4, 0.5) is 13.2 Å². The number of H-pyrrole nitrogens is 1. The van der Waals surface area contributed by atoms with Gasteiger partial charge in [0.15, 0.2) is 18.0 Å². The fraction of sp³-hybridized carbons (Fsp3) is 0.423. The average molecular weight is 650 g/mol. The van der Waals surface area contributed by atoms with Gasteiger partial charge < -0.3 is 19.1 Å². The van der Waals surface area contributed by atoms with Crippen LogP contribution in [-0.4, -0.2) is 63.7 Å². The summed E-state index contributed by atoms with van der Waals surface area (Å²) in [6.07, 6.45) is -11.0. The van der Waals surface area contributed by atoms with Crippen LogP contribution in [0.5, 0.6) is 5.75 Å². The number of hydrogen-bond acceptors (Lipinski definition) is 9. The molecule has 1 fully saturated rings. The van der Waals surface area contributed by atoms with Crippen LogP contribution in [0.25, 0.3) is 10.8 Å². The third-order valence-electron chi connectivity index (χ3n) is 6.45. The average Bonchev–Trinajstić information content (AvgIpc) is 3.19. The number of hydrogen-bond donors (Lipinski definition) is 3. The van der Waals surface area contributed by atoms with Crippen LogP contribution in [0, 0.1) is 0 Å². The molecule has 2 aromatic carbocycles. The third kappa shape index (κ3) is 6.97. The molecule has 6 atom stereocenters. The van der Waals surface area contributed by atoms with Crippen LogP contribution in [0.3, 0.4) is 0 Å². The second-order valence-electron chi connectivity index (χ2n) is 10.0. The molecular weight excluding hydrogens is 622 g/mol. The molecular formula is C26H28ClF3N3O9P. The lowest BCUT2D eigenvalue weighted by Gasteiger charge is -2.32. The van der Waals surface area contributed by atoms with Gasteiger partial charge in [-0.2, -0.15) is 5.09 Å². The van der Waals surface area contributed by atoms with Gasteiger partial charge in [-0.05, 0) is 43.7 Å². The standard InChI is InChI=1S/C26H28ClF3N3O9P/c1-13(2)40-23(36)14(3)32-43(38,42-17-9-8-15-6-4-5-7-16(15)10-17)39-12-26(24(29)30)20(34)19(28)22(41-26)33-11-18(27)21(35)31-25(33)37/h4-11,13-14,19-20,22,24,34H,12H2,1-3H3,(H,32,38)(H,31,35,37)/t14-,19+,20-,22+,26+,43?/m0/s1. The molecule has 43 heavy (non-hydrogen) atoms. The number of carbonyl (C=O) groups excluding carboxylic acids is 1. The molecule has 1 aliphatic rings. The molecule has 0 saturated carbocycles. The number of esters is 1. The Morgan fingerprint density at radius 1 is 1.21 bits per heavy atom. The van der Waals surface area contributed by atoms with Gasteiger partial charge in [-0.25, -0.2) is 22.5 Å². The number of aliphatic hydroxyl groups excluding tert-OH is 1. The van der Waals surface area contributed by atoms with Crippen molar-refractivity contribution in [2.24, 2.45) is 0 Å². The van der Waals surface area contributed by atoms with E-state index in [2.05, 4.69) is 5.09 Å². The first-order valence-corrected chi connectivity index (χ1v) is 14.8. The zero-order chi connectivity index (χ0) is 31.7. The Bertz CT molecular complexity index is 1660. The summed E-state index contributed by atoms with van der Waals surface area (Å²) in [5.41, 5.74) is -5.48. The molecule has 3 N–H and O–H groups in total. The first kappa shape index (κ1) is 32.7. The number of halogens is 4. The van der Waals surface area contributed by atoms with Gasteiger partial charge in [0.1, 0.15) is 22.9 Å². The minimum absolute atomic E-state index is 0.0476. The van der Waals surface area contributed by atoms with Crippen LogP contribution >= 0.6 is 19.3 Å². The summed E-state index contributed by atoms with van der Waals surface area (Å²) in [7, 11) is -4.80. The molecule has 0 bridgehead atoms. The summed E-state index contributed by atoms with van der Waals surface area (Å²) in [5.74, 6) is -0.923. The number of aromatic amines is 1. The summed E-state index contributed by atoms with van der Waals surface area (Å²) in [4.78, 5) is 38.1. The summed E-state index contributed by atoms with van der Waals surface area (Å²) in [6, 6.07) is 10.2. The van der Waals surface area contributed by atoms with Crippen molar-refractivity contribution >= 4 is 36.1 Å². The highest BCUT2D eigenvalue weighted by Gasteiger charge is 2.62. The maximum absolute atomic E-state index is 15.3. The van der Waals surface area contributed by atoms with Crippen molar-refractivity contribution in [2.45, 2.75) is 63.4 Å². The van der Waals surface area contributed by atoms with E-state index >= 15 is 4.39 Å². The first-order valence-electron chi connectivity index (χ1n) is 12.9. The number of alkyl halides is 3. The van der Waals surface area contributed by atoms with Crippen LogP contribution < -0.4 is 20.9 Å². The Morgan fingerprint density at radius 3 is 2.53 bits per heavy atom. The van der Waals surface area contributed by atoms with E-state index in [1.807, 2.05) is 0 Å². The number of benzene rings is 2. The Balaban J connectivity index is 1.66. The molecule has 0 spiro atoms. The molecule has 234 valence electrons. The molecule has 17 heteroatoms. The Labute approximate surface area is 247 Å². The van der Waals surface area contributed by atoms with Crippen molar-refractivity contribution in [1.82, 2.24) is 14.6 Å². The number of fused-ring (bicyclic) bond motifs is 1. The summed E-state index contributed by atoms with van der Waals surface area (Å²) in [6.45, 7) is 2.96. The van der Waals surface area contributed by atoms with Gasteiger partial charge in [0.25, 0.3) is 12.0 Å². The van der Waals surface area contributed by atoms with Crippen molar-refractivity contribution < 1.29 is 46.2 Å². The molecule has 1 aliphatic heterocycles. The number of ether oxygens (including phenoxy) is 2. The predicted octanol–water partition coefficient (Wildman–Crippen LogP) is 3.71. The highest BCUT2D eigenvalue weighted by Crippen LogP contribution is 2.50. The molecule has 3 aromatic rings. The summed E-state index contributed by atoms with van der Waals surface area (Å²) in [5, 5.41) is 13.8. The zero-order valence-electron chi connectivity index (χ0n) is 22.9. The SMILES string of the molecule is CC(C)OC(=O)[C@H](C)NP(=O)(OC[C@@]1(C(F)F)O[C@@H](n2cc(Cl)c(=O)[nH]c2=O)[C@H](F)[C@@H]1O)Oc1ccc2ccccc2c1. The normalized spacial score (nSPS) is 24.3. The maximum Gasteiger partial charge on any atom is 0.459 e. The third-order valence-corrected chi connectivity index (χ3v) is 8.34. The highest BCUT2D eigenvalue weighted by molar-refractivity contribution is 7.52. The van der Waals surface area contributed by atoms with Crippen LogP contribution in [0.2, 0.25) is 5.02 Å². The van der Waals surface area contributed by atoms with E-state index in [4.69, 9.17) is 30.1 Å². The van der Waals surface area contributed by atoms with Crippen LogP contribution in [0.15, 0.2) is 58.3 Å². The Hall–Kier alpha value is -3.20. The lowest BCUT2D eigenvalue weighted by atomic mass is 9.97. The first-order chi connectivity index (χ1) is 20.2. The van der Waals surface area contributed by atoms with Gasteiger partial charge in [0.2, 0.25) is 0 Å². The number of carbonyl (C=O) groups is 1. The molecule has 0 amide bonds. The van der Waals surface area contributed by atoms with E-state index in [0.717, 1.165) is 5.39 Å². The van der Waals surface area contributed by atoms with Crippen molar-refractivity contribution in [3.05, 3.63) is 74.5 Å². The van der Waals surface area contributed by atoms with E-state index in [1.54, 1.807) is 49.2 Å². The Kier molecular flexibility index (Phi) is 9.74. The van der Waals surface area contributed by atoms with Gasteiger partial charge in [-0.3, -0.25) is 23.7 Å². The second kappa shape index (κ2) is 12.8. The van der Waals surface area contributed by atoms with E-state index in [9.17, 15) is 32.8 Å². The topological polar surface area (TPSA) is 158 Å². The fourth-order valence-electron chi connectivity index (χ4n) is 4.27. The van der Waals surface area contributed by atoms with Gasteiger partial charge in [-0.15, -0.1) is 0 Å². The number of nitrogens with zero attached hydrogens (tertiary/aromatic N) is 1. The molecule has 12 nitrogen and oxygen atoms in total. The monoisotopic (exact) mass is 649 g/mol. The van der Waals surface area contributed by atoms with E-state index in [-0.39, 0.29) is 5.75 Å².